The van der Waals surface area contributed by atoms with Gasteiger partial charge >= 0.3 is 12.3 Å². The monoisotopic (exact) mass is 328 g/mol. The first-order valence-electron chi connectivity index (χ1n) is 3.72. The minimum Gasteiger partial charge on any atom is -0.478 e. The maximum absolute atomic E-state index is 12.7. The Kier molecular flexibility index (Phi) is 2.21. The van der Waals surface area contributed by atoms with E-state index in [0.29, 0.717) is 3.57 Å². The molecule has 15 heavy (non-hydrogen) atoms. The minimum atomic E-state index is -3.79. The average Bonchev–Trinajstić information content (AvgIpc) is 2.36. The Bertz CT molecular complexity index is 447. The van der Waals surface area contributed by atoms with Crippen LogP contribution in [0, 0.1) is 3.57 Å². The molecule has 1 aliphatic rings. The second kappa shape index (κ2) is 3.19. The number of benzene rings is 1. The molecule has 1 aliphatic heterocycles. The number of carboxylic acid groups (broad SMARTS) is 1. The molecule has 0 aliphatic carbocycles. The van der Waals surface area contributed by atoms with Crippen LogP contribution in [0.3, 0.4) is 0 Å². The second-order valence-corrected chi connectivity index (χ2v) is 4.00. The molecule has 1 heterocycles. The number of rotatable bonds is 1. The van der Waals surface area contributed by atoms with E-state index in [9.17, 15) is 13.6 Å². The van der Waals surface area contributed by atoms with E-state index in [1.807, 2.05) is 0 Å². The quantitative estimate of drug-likeness (QED) is 0.804. The summed E-state index contributed by atoms with van der Waals surface area (Å²) < 4.78 is 34.1. The fourth-order valence-corrected chi connectivity index (χ4v) is 1.77. The number of halogens is 3. The van der Waals surface area contributed by atoms with Crippen molar-refractivity contribution in [3.8, 4) is 11.5 Å². The number of carbonyl (C=O) groups is 1. The Hall–Kier alpha value is -1.12. The third-order valence-corrected chi connectivity index (χ3v) is 2.32. The average molecular weight is 328 g/mol. The van der Waals surface area contributed by atoms with Gasteiger partial charge in [-0.15, -0.1) is 8.78 Å². The van der Waals surface area contributed by atoms with E-state index < -0.39 is 18.0 Å². The minimum absolute atomic E-state index is 0.260. The summed E-state index contributed by atoms with van der Waals surface area (Å²) in [6, 6.07) is 2.51. The third kappa shape index (κ3) is 1.83. The molecule has 0 fully saturated rings. The van der Waals surface area contributed by atoms with E-state index in [0.717, 1.165) is 0 Å². The molecule has 0 radical (unpaired) electrons. The maximum Gasteiger partial charge on any atom is 0.586 e. The van der Waals surface area contributed by atoms with Gasteiger partial charge in [0.25, 0.3) is 0 Å². The lowest BCUT2D eigenvalue weighted by atomic mass is 10.2. The SMILES string of the molecule is O=C(O)c1cc(I)cc2c1OC(F)(F)O2. The second-order valence-electron chi connectivity index (χ2n) is 2.75. The zero-order chi connectivity index (χ0) is 11.2. The highest BCUT2D eigenvalue weighted by Crippen LogP contribution is 2.44. The molecule has 4 nitrogen and oxygen atoms in total. The molecular formula is C8H3F2IO4. The number of alkyl halides is 2. The Morgan fingerprint density at radius 2 is 2.07 bits per heavy atom. The Morgan fingerprint density at radius 1 is 1.40 bits per heavy atom. The van der Waals surface area contributed by atoms with Crippen LogP contribution in [0.4, 0.5) is 8.78 Å². The zero-order valence-electron chi connectivity index (χ0n) is 6.96. The van der Waals surface area contributed by atoms with Crippen molar-refractivity contribution in [2.24, 2.45) is 0 Å². The van der Waals surface area contributed by atoms with Gasteiger partial charge in [-0.25, -0.2) is 4.79 Å². The number of carboxylic acids is 1. The van der Waals surface area contributed by atoms with E-state index in [1.165, 1.54) is 12.1 Å². The van der Waals surface area contributed by atoms with Crippen molar-refractivity contribution >= 4 is 28.6 Å². The predicted octanol–water partition coefficient (Wildman–Crippen LogP) is 2.31. The lowest BCUT2D eigenvalue weighted by Crippen LogP contribution is -2.26. The van der Waals surface area contributed by atoms with Gasteiger partial charge in [-0.05, 0) is 34.7 Å². The highest BCUT2D eigenvalue weighted by Gasteiger charge is 2.45. The molecule has 80 valence electrons. The topological polar surface area (TPSA) is 55.8 Å². The highest BCUT2D eigenvalue weighted by atomic mass is 127. The van der Waals surface area contributed by atoms with Crippen LogP contribution in [0.25, 0.3) is 0 Å². The van der Waals surface area contributed by atoms with Gasteiger partial charge in [0.05, 0.1) is 0 Å². The molecule has 0 amide bonds. The molecule has 0 saturated heterocycles. The van der Waals surface area contributed by atoms with Gasteiger partial charge in [-0.3, -0.25) is 0 Å². The Labute approximate surface area is 95.9 Å². The van der Waals surface area contributed by atoms with Gasteiger partial charge in [-0.1, -0.05) is 0 Å². The van der Waals surface area contributed by atoms with Gasteiger partial charge in [0.15, 0.2) is 11.5 Å². The summed E-state index contributed by atoms with van der Waals surface area (Å²) in [5.74, 6) is -2.04. The van der Waals surface area contributed by atoms with Crippen LogP contribution < -0.4 is 9.47 Å². The first kappa shape index (κ1) is 10.4. The number of aromatic carboxylic acids is 1. The van der Waals surface area contributed by atoms with Gasteiger partial charge in [0.2, 0.25) is 0 Å². The molecule has 0 bridgehead atoms. The van der Waals surface area contributed by atoms with Crippen LogP contribution in [0.1, 0.15) is 10.4 Å². The standard InChI is InChI=1S/C8H3F2IO4/c9-8(10)14-5-2-3(11)1-4(7(12)13)6(5)15-8/h1-2H,(H,12,13). The largest absolute Gasteiger partial charge is 0.586 e. The number of ether oxygens (including phenoxy) is 2. The molecule has 0 atom stereocenters. The van der Waals surface area contributed by atoms with Crippen molar-refractivity contribution < 1.29 is 28.2 Å². The van der Waals surface area contributed by atoms with E-state index >= 15 is 0 Å². The van der Waals surface area contributed by atoms with Crippen LogP contribution >= 0.6 is 22.6 Å². The summed E-state index contributed by atoms with van der Waals surface area (Å²) >= 11 is 1.80. The Morgan fingerprint density at radius 3 is 2.67 bits per heavy atom. The van der Waals surface area contributed by atoms with E-state index in [-0.39, 0.29) is 11.3 Å². The summed E-state index contributed by atoms with van der Waals surface area (Å²) in [5, 5.41) is 8.76. The maximum atomic E-state index is 12.7. The van der Waals surface area contributed by atoms with Crippen molar-refractivity contribution in [1.82, 2.24) is 0 Å². The highest BCUT2D eigenvalue weighted by molar-refractivity contribution is 14.1. The van der Waals surface area contributed by atoms with Crippen LogP contribution in [-0.4, -0.2) is 17.4 Å². The smallest absolute Gasteiger partial charge is 0.478 e. The molecule has 1 aromatic carbocycles. The molecule has 2 rings (SSSR count). The van der Waals surface area contributed by atoms with E-state index in [4.69, 9.17) is 5.11 Å². The fourth-order valence-electron chi connectivity index (χ4n) is 1.18. The van der Waals surface area contributed by atoms with Crippen LogP contribution in [0.5, 0.6) is 11.5 Å². The van der Waals surface area contributed by atoms with Crippen molar-refractivity contribution in [2.75, 3.05) is 0 Å². The molecular weight excluding hydrogens is 325 g/mol. The van der Waals surface area contributed by atoms with Crippen LogP contribution in [0.15, 0.2) is 12.1 Å². The first-order valence-corrected chi connectivity index (χ1v) is 4.79. The zero-order valence-corrected chi connectivity index (χ0v) is 9.12. The molecule has 7 heteroatoms. The van der Waals surface area contributed by atoms with Crippen molar-refractivity contribution in [2.45, 2.75) is 6.29 Å². The number of fused-ring (bicyclic) bond motifs is 1. The molecule has 1 aromatic rings. The van der Waals surface area contributed by atoms with E-state index in [2.05, 4.69) is 9.47 Å². The molecule has 0 aromatic heterocycles. The first-order chi connectivity index (χ1) is 6.89. The summed E-state index contributed by atoms with van der Waals surface area (Å²) in [5.41, 5.74) is -0.339. The lowest BCUT2D eigenvalue weighted by molar-refractivity contribution is -0.286. The fraction of sp³-hybridized carbons (Fsp3) is 0.125. The van der Waals surface area contributed by atoms with E-state index in [1.54, 1.807) is 22.6 Å². The van der Waals surface area contributed by atoms with Crippen molar-refractivity contribution in [1.29, 1.82) is 0 Å². The van der Waals surface area contributed by atoms with Crippen LogP contribution in [-0.2, 0) is 0 Å². The van der Waals surface area contributed by atoms with Crippen LogP contribution in [0.2, 0.25) is 0 Å². The van der Waals surface area contributed by atoms with Gasteiger partial charge in [0.1, 0.15) is 5.56 Å². The van der Waals surface area contributed by atoms with Crippen molar-refractivity contribution in [3.63, 3.8) is 0 Å². The van der Waals surface area contributed by atoms with Gasteiger partial charge in [0, 0.05) is 3.57 Å². The number of hydrogen-bond donors (Lipinski definition) is 1. The summed E-state index contributed by atoms with van der Waals surface area (Å²) in [6.07, 6.45) is -3.79. The molecule has 0 spiro atoms. The molecule has 1 N–H and O–H groups in total. The summed E-state index contributed by atoms with van der Waals surface area (Å²) in [7, 11) is 0. The lowest BCUT2D eigenvalue weighted by Gasteiger charge is -2.04. The van der Waals surface area contributed by atoms with Gasteiger partial charge < -0.3 is 14.6 Å². The normalized spacial score (nSPS) is 16.5. The summed E-state index contributed by atoms with van der Waals surface area (Å²) in [4.78, 5) is 10.7. The molecule has 0 unspecified atom stereocenters. The van der Waals surface area contributed by atoms with Gasteiger partial charge in [-0.2, -0.15) is 0 Å². The number of hydrogen-bond acceptors (Lipinski definition) is 3. The third-order valence-electron chi connectivity index (χ3n) is 1.70. The predicted molar refractivity (Wildman–Crippen MR) is 52.3 cm³/mol. The Balaban J connectivity index is 2.58. The van der Waals surface area contributed by atoms with Crippen molar-refractivity contribution in [3.05, 3.63) is 21.3 Å². The molecule has 0 saturated carbocycles. The summed E-state index contributed by atoms with van der Waals surface area (Å²) in [6.45, 7) is 0.